The van der Waals surface area contributed by atoms with Crippen LogP contribution in [0.4, 0.5) is 0 Å². The number of hydrogen-bond acceptors (Lipinski definition) is 4. The SMILES string of the molecule is CN[C@@H]1Cc2cccc3[nH]c(=S)n(c23)C1.O=C(O)C=CC(=O)O. The van der Waals surface area contributed by atoms with Crippen LogP contribution in [0.1, 0.15) is 5.56 Å². The number of imidazole rings is 1. The summed E-state index contributed by atoms with van der Waals surface area (Å²) in [6, 6.07) is 6.85. The Morgan fingerprint density at radius 2 is 2.00 bits per heavy atom. The quantitative estimate of drug-likeness (QED) is 0.501. The smallest absolute Gasteiger partial charge is 0.328 e. The number of hydrogen-bond donors (Lipinski definition) is 4. The summed E-state index contributed by atoms with van der Waals surface area (Å²) < 4.78 is 3.03. The molecule has 1 atom stereocenters. The molecule has 7 nitrogen and oxygen atoms in total. The topological polar surface area (TPSA) is 107 Å². The highest BCUT2D eigenvalue weighted by Gasteiger charge is 2.20. The number of para-hydroxylation sites is 1. The maximum absolute atomic E-state index is 9.55. The van der Waals surface area contributed by atoms with E-state index in [1.807, 2.05) is 7.05 Å². The minimum absolute atomic E-state index is 0.491. The molecule has 0 unspecified atom stereocenters. The molecule has 1 aromatic carbocycles. The number of aromatic amines is 1. The van der Waals surface area contributed by atoms with Crippen LogP contribution in [0.15, 0.2) is 30.4 Å². The van der Waals surface area contributed by atoms with Crippen molar-refractivity contribution >= 4 is 35.2 Å². The fourth-order valence-electron chi connectivity index (χ4n) is 2.52. The van der Waals surface area contributed by atoms with Crippen molar-refractivity contribution in [1.29, 1.82) is 0 Å². The Bertz CT molecular complexity index is 806. The Kier molecular flexibility index (Phi) is 5.30. The van der Waals surface area contributed by atoms with Crippen molar-refractivity contribution in [2.24, 2.45) is 0 Å². The number of benzene rings is 1. The predicted octanol–water partition coefficient (Wildman–Crippen LogP) is 1.55. The summed E-state index contributed by atoms with van der Waals surface area (Å²) in [5.41, 5.74) is 3.83. The first-order valence-corrected chi connectivity index (χ1v) is 7.34. The van der Waals surface area contributed by atoms with E-state index in [1.165, 1.54) is 11.1 Å². The van der Waals surface area contributed by atoms with Crippen LogP contribution in [-0.2, 0) is 22.6 Å². The molecule has 0 radical (unpaired) electrons. The Balaban J connectivity index is 0.000000207. The van der Waals surface area contributed by atoms with Gasteiger partial charge in [-0.2, -0.15) is 0 Å². The molecule has 0 aliphatic carbocycles. The zero-order valence-corrected chi connectivity index (χ0v) is 13.3. The molecule has 3 rings (SSSR count). The summed E-state index contributed by atoms with van der Waals surface area (Å²) in [6.07, 6.45) is 2.20. The molecular weight excluding hydrogens is 318 g/mol. The largest absolute Gasteiger partial charge is 0.478 e. The first-order valence-electron chi connectivity index (χ1n) is 6.94. The number of H-pyrrole nitrogens is 1. The van der Waals surface area contributed by atoms with Gasteiger partial charge in [-0.25, -0.2) is 9.59 Å². The molecule has 8 heteroatoms. The predicted molar refractivity (Wildman–Crippen MR) is 88.1 cm³/mol. The molecule has 2 aromatic rings. The molecule has 4 N–H and O–H groups in total. The van der Waals surface area contributed by atoms with Crippen molar-refractivity contribution in [1.82, 2.24) is 14.9 Å². The number of carboxylic acid groups (broad SMARTS) is 2. The van der Waals surface area contributed by atoms with Gasteiger partial charge in [-0.15, -0.1) is 0 Å². The number of carboxylic acids is 2. The minimum atomic E-state index is -1.26. The lowest BCUT2D eigenvalue weighted by molar-refractivity contribution is -0.134. The highest BCUT2D eigenvalue weighted by Crippen LogP contribution is 2.24. The van der Waals surface area contributed by atoms with E-state index in [9.17, 15) is 9.59 Å². The maximum atomic E-state index is 9.55. The summed E-state index contributed by atoms with van der Waals surface area (Å²) in [7, 11) is 2.01. The summed E-state index contributed by atoms with van der Waals surface area (Å²) in [4.78, 5) is 22.4. The van der Waals surface area contributed by atoms with E-state index in [1.54, 1.807) is 0 Å². The van der Waals surface area contributed by atoms with E-state index in [4.69, 9.17) is 22.4 Å². The van der Waals surface area contributed by atoms with Crippen LogP contribution in [-0.4, -0.2) is 44.8 Å². The van der Waals surface area contributed by atoms with E-state index in [0.717, 1.165) is 23.3 Å². The lowest BCUT2D eigenvalue weighted by atomic mass is 10.0. The van der Waals surface area contributed by atoms with Gasteiger partial charge in [0, 0.05) is 24.7 Å². The minimum Gasteiger partial charge on any atom is -0.478 e. The van der Waals surface area contributed by atoms with E-state index in [0.29, 0.717) is 18.2 Å². The Labute approximate surface area is 137 Å². The number of carbonyl (C=O) groups is 2. The van der Waals surface area contributed by atoms with Gasteiger partial charge in [0.1, 0.15) is 0 Å². The van der Waals surface area contributed by atoms with Gasteiger partial charge in [0.2, 0.25) is 0 Å². The van der Waals surface area contributed by atoms with Crippen molar-refractivity contribution in [3.63, 3.8) is 0 Å². The van der Waals surface area contributed by atoms with Gasteiger partial charge in [0.25, 0.3) is 0 Å². The Morgan fingerprint density at radius 3 is 2.57 bits per heavy atom. The second kappa shape index (κ2) is 7.21. The number of likely N-dealkylation sites (N-methyl/N-ethyl adjacent to an activating group) is 1. The average molecular weight is 335 g/mol. The van der Waals surface area contributed by atoms with Crippen molar-refractivity contribution in [2.45, 2.75) is 19.0 Å². The van der Waals surface area contributed by atoms with Gasteiger partial charge in [0.15, 0.2) is 4.77 Å². The van der Waals surface area contributed by atoms with Crippen LogP contribution in [0.5, 0.6) is 0 Å². The summed E-state index contributed by atoms with van der Waals surface area (Å²) in [6.45, 7) is 0.965. The van der Waals surface area contributed by atoms with Crippen LogP contribution in [0, 0.1) is 4.77 Å². The molecule has 0 saturated heterocycles. The summed E-state index contributed by atoms with van der Waals surface area (Å²) in [5, 5.41) is 18.9. The van der Waals surface area contributed by atoms with E-state index in [2.05, 4.69) is 33.1 Å². The standard InChI is InChI=1S/C11H13N3S.C4H4O4/c1-12-8-5-7-3-2-4-9-10(7)14(6-8)11(15)13-9;5-3(6)1-2-4(7)8/h2-4,8,12H,5-6H2,1H3,(H,13,15);1-2H,(H,5,6)(H,7,8)/t8-;/m1./s1. The highest BCUT2D eigenvalue weighted by molar-refractivity contribution is 7.71. The average Bonchev–Trinajstić information content (AvgIpc) is 2.84. The van der Waals surface area contributed by atoms with Crippen molar-refractivity contribution in [3.8, 4) is 0 Å². The van der Waals surface area contributed by atoms with Crippen LogP contribution in [0.3, 0.4) is 0 Å². The zero-order valence-electron chi connectivity index (χ0n) is 12.4. The third-order valence-corrected chi connectivity index (χ3v) is 3.84. The third kappa shape index (κ3) is 4.05. The molecule has 1 aromatic heterocycles. The molecule has 0 amide bonds. The number of rotatable bonds is 3. The van der Waals surface area contributed by atoms with Gasteiger partial charge in [-0.1, -0.05) is 12.1 Å². The third-order valence-electron chi connectivity index (χ3n) is 3.52. The number of aliphatic carboxylic acids is 2. The fraction of sp³-hybridized carbons (Fsp3) is 0.267. The zero-order chi connectivity index (χ0) is 17.0. The van der Waals surface area contributed by atoms with Crippen molar-refractivity contribution < 1.29 is 19.8 Å². The molecule has 122 valence electrons. The summed E-state index contributed by atoms with van der Waals surface area (Å²) in [5.74, 6) is -2.51. The molecule has 0 saturated carbocycles. The van der Waals surface area contributed by atoms with Crippen molar-refractivity contribution in [2.75, 3.05) is 7.05 Å². The lowest BCUT2D eigenvalue weighted by Crippen LogP contribution is -2.35. The number of nitrogens with one attached hydrogen (secondary N) is 2. The first-order chi connectivity index (χ1) is 10.9. The molecular formula is C15H17N3O4S. The van der Waals surface area contributed by atoms with Crippen LogP contribution >= 0.6 is 12.2 Å². The lowest BCUT2D eigenvalue weighted by Gasteiger charge is -2.23. The monoisotopic (exact) mass is 335 g/mol. The normalized spacial score (nSPS) is 16.1. The molecule has 2 heterocycles. The Hall–Kier alpha value is -2.45. The van der Waals surface area contributed by atoms with Gasteiger partial charge in [-0.3, -0.25) is 0 Å². The van der Waals surface area contributed by atoms with E-state index in [-0.39, 0.29) is 0 Å². The first kappa shape index (κ1) is 16.9. The highest BCUT2D eigenvalue weighted by atomic mass is 32.1. The second-order valence-electron chi connectivity index (χ2n) is 5.05. The molecule has 0 bridgehead atoms. The van der Waals surface area contributed by atoms with Gasteiger partial charge >= 0.3 is 11.9 Å². The molecule has 1 aliphatic heterocycles. The fourth-order valence-corrected chi connectivity index (χ4v) is 2.80. The maximum Gasteiger partial charge on any atom is 0.328 e. The molecule has 0 spiro atoms. The molecule has 23 heavy (non-hydrogen) atoms. The van der Waals surface area contributed by atoms with Gasteiger partial charge in [-0.05, 0) is 37.3 Å². The second-order valence-corrected chi connectivity index (χ2v) is 5.44. The summed E-state index contributed by atoms with van der Waals surface area (Å²) >= 11 is 5.33. The van der Waals surface area contributed by atoms with Gasteiger partial charge in [0.05, 0.1) is 11.0 Å². The van der Waals surface area contributed by atoms with Crippen molar-refractivity contribution in [3.05, 3.63) is 40.7 Å². The molecule has 1 aliphatic rings. The number of nitrogens with zero attached hydrogens (tertiary/aromatic N) is 1. The Morgan fingerprint density at radius 1 is 1.35 bits per heavy atom. The van der Waals surface area contributed by atoms with Crippen LogP contribution < -0.4 is 5.32 Å². The van der Waals surface area contributed by atoms with E-state index >= 15 is 0 Å². The van der Waals surface area contributed by atoms with Gasteiger partial charge < -0.3 is 25.1 Å². The van der Waals surface area contributed by atoms with Crippen LogP contribution in [0.2, 0.25) is 0 Å². The van der Waals surface area contributed by atoms with E-state index < -0.39 is 11.9 Å². The van der Waals surface area contributed by atoms with Crippen LogP contribution in [0.25, 0.3) is 11.0 Å². The number of aromatic nitrogens is 2. The molecule has 0 fully saturated rings.